The number of hydrogen-bond donors (Lipinski definition) is 2. The summed E-state index contributed by atoms with van der Waals surface area (Å²) in [6.07, 6.45) is 1.80. The molecule has 0 amide bonds. The van der Waals surface area contributed by atoms with Crippen LogP contribution in [0, 0.1) is 0 Å². The van der Waals surface area contributed by atoms with E-state index in [1.54, 1.807) is 0 Å². The van der Waals surface area contributed by atoms with E-state index in [4.69, 9.17) is 15.0 Å². The van der Waals surface area contributed by atoms with Gasteiger partial charge in [0.1, 0.15) is 17.5 Å². The second-order valence-corrected chi connectivity index (χ2v) is 16.3. The molecule has 0 spiro atoms. The highest BCUT2D eigenvalue weighted by molar-refractivity contribution is 7.26. The predicted octanol–water partition coefficient (Wildman–Crippen LogP) is 13.0. The lowest BCUT2D eigenvalue weighted by molar-refractivity contribution is 0.756. The number of amidine groups is 3. The summed E-state index contributed by atoms with van der Waals surface area (Å²) >= 11 is 1.85. The Hall–Kier alpha value is -7.67. The van der Waals surface area contributed by atoms with Gasteiger partial charge in [-0.15, -0.1) is 11.3 Å². The van der Waals surface area contributed by atoms with E-state index in [0.717, 1.165) is 73.3 Å². The lowest BCUT2D eigenvalue weighted by Gasteiger charge is -2.23. The number of nitrogens with zero attached hydrogens (tertiary/aromatic N) is 3. The van der Waals surface area contributed by atoms with Crippen LogP contribution in [0.4, 0.5) is 0 Å². The Bertz CT molecular complexity index is 3130. The summed E-state index contributed by atoms with van der Waals surface area (Å²) in [5.74, 6) is 2.45. The Labute approximate surface area is 358 Å². The molecule has 5 nitrogen and oxygen atoms in total. The molecule has 0 saturated heterocycles. The van der Waals surface area contributed by atoms with Crippen molar-refractivity contribution in [3.8, 4) is 22.3 Å². The van der Waals surface area contributed by atoms with Gasteiger partial charge in [0.2, 0.25) is 0 Å². The van der Waals surface area contributed by atoms with E-state index in [0.29, 0.717) is 0 Å². The topological polar surface area (TPSA) is 61.1 Å². The second-order valence-electron chi connectivity index (χ2n) is 15.3. The first-order valence-electron chi connectivity index (χ1n) is 20.6. The van der Waals surface area contributed by atoms with Gasteiger partial charge < -0.3 is 10.6 Å². The van der Waals surface area contributed by atoms with Gasteiger partial charge in [-0.1, -0.05) is 176 Å². The molecule has 1 atom stereocenters. The molecule has 11 rings (SSSR count). The van der Waals surface area contributed by atoms with E-state index >= 15 is 0 Å². The molecule has 0 radical (unpaired) electrons. The van der Waals surface area contributed by atoms with Crippen molar-refractivity contribution in [2.75, 3.05) is 0 Å². The molecule has 290 valence electrons. The second kappa shape index (κ2) is 15.8. The van der Waals surface area contributed by atoms with Crippen molar-refractivity contribution in [1.29, 1.82) is 0 Å². The SMILES string of the molecule is C1=C(c2ccccc2)NC(c2cccc(-c3cc(-c4cccc(C5N=C(c6ccccc6)NC(c6ccccc6)=N5)c4)cc4c3sc3ccccc34)c2)=NC1c1ccccc1. The Morgan fingerprint density at radius 2 is 0.934 bits per heavy atom. The van der Waals surface area contributed by atoms with Gasteiger partial charge in [-0.05, 0) is 69.8 Å². The Morgan fingerprint density at radius 1 is 0.377 bits per heavy atom. The zero-order valence-electron chi connectivity index (χ0n) is 33.1. The molecule has 2 aliphatic rings. The summed E-state index contributed by atoms with van der Waals surface area (Å²) in [6, 6.07) is 72.5. The fourth-order valence-corrected chi connectivity index (χ4v) is 9.52. The summed E-state index contributed by atoms with van der Waals surface area (Å²) in [5.41, 5.74) is 12.0. The maximum absolute atomic E-state index is 5.30. The minimum absolute atomic E-state index is 0.123. The van der Waals surface area contributed by atoms with Crippen LogP contribution >= 0.6 is 11.3 Å². The van der Waals surface area contributed by atoms with Crippen LogP contribution in [0.2, 0.25) is 0 Å². The minimum Gasteiger partial charge on any atom is -0.340 e. The van der Waals surface area contributed by atoms with Crippen molar-refractivity contribution in [1.82, 2.24) is 10.6 Å². The van der Waals surface area contributed by atoms with Gasteiger partial charge in [0.05, 0.1) is 6.04 Å². The molecule has 2 N–H and O–H groups in total. The zero-order valence-corrected chi connectivity index (χ0v) is 33.9. The average Bonchev–Trinajstić information content (AvgIpc) is 3.73. The summed E-state index contributed by atoms with van der Waals surface area (Å²) in [7, 11) is 0. The van der Waals surface area contributed by atoms with Gasteiger partial charge in [0.25, 0.3) is 0 Å². The molecule has 61 heavy (non-hydrogen) atoms. The van der Waals surface area contributed by atoms with Crippen molar-refractivity contribution in [3.63, 3.8) is 0 Å². The molecule has 0 saturated carbocycles. The monoisotopic (exact) mass is 801 g/mol. The third kappa shape index (κ3) is 7.24. The Balaban J connectivity index is 1.02. The molecule has 6 heteroatoms. The van der Waals surface area contributed by atoms with Crippen LogP contribution in [0.5, 0.6) is 0 Å². The standard InChI is InChI=1S/C55H39N5S/c1-5-17-36(18-6-1)48-35-49(37-19-7-2-8-20-37)57-54(56-48)43-28-16-26-41(32-43)46-33-44(34-47-45-29-13-14-30-50(45)61-51(46)47)40-25-15-27-42(31-40)55-59-52(38-21-9-3-10-22-38)58-53(60-55)39-23-11-4-12-24-39/h1-35,48,55H,(H,56,57)(H,58,59,60). The van der Waals surface area contributed by atoms with Crippen molar-refractivity contribution in [3.05, 3.63) is 246 Å². The highest BCUT2D eigenvalue weighted by Crippen LogP contribution is 2.43. The zero-order chi connectivity index (χ0) is 40.5. The van der Waals surface area contributed by atoms with E-state index in [2.05, 4.69) is 187 Å². The third-order valence-corrected chi connectivity index (χ3v) is 12.6. The molecular formula is C55H39N5S. The highest BCUT2D eigenvalue weighted by Gasteiger charge is 2.23. The van der Waals surface area contributed by atoms with E-state index in [9.17, 15) is 0 Å². The van der Waals surface area contributed by atoms with E-state index < -0.39 is 6.17 Å². The predicted molar refractivity (Wildman–Crippen MR) is 255 cm³/mol. The molecule has 1 unspecified atom stereocenters. The lowest BCUT2D eigenvalue weighted by atomic mass is 9.94. The van der Waals surface area contributed by atoms with E-state index in [1.807, 2.05) is 47.7 Å². The first-order chi connectivity index (χ1) is 30.2. The van der Waals surface area contributed by atoms with Crippen molar-refractivity contribution in [2.45, 2.75) is 12.2 Å². The van der Waals surface area contributed by atoms with Crippen molar-refractivity contribution in [2.24, 2.45) is 15.0 Å². The molecule has 3 heterocycles. The molecule has 0 fully saturated rings. The molecular weight excluding hydrogens is 763 g/mol. The summed E-state index contributed by atoms with van der Waals surface area (Å²) in [4.78, 5) is 15.7. The number of hydrogen-bond acceptors (Lipinski definition) is 6. The van der Waals surface area contributed by atoms with Crippen LogP contribution in [-0.4, -0.2) is 17.5 Å². The van der Waals surface area contributed by atoms with Gasteiger partial charge in [0.15, 0.2) is 6.17 Å². The Kier molecular flexibility index (Phi) is 9.45. The Morgan fingerprint density at radius 3 is 1.66 bits per heavy atom. The maximum atomic E-state index is 5.30. The fraction of sp³-hybridized carbons (Fsp3) is 0.0364. The third-order valence-electron chi connectivity index (χ3n) is 11.3. The van der Waals surface area contributed by atoms with Crippen molar-refractivity contribution >= 4 is 54.7 Å². The van der Waals surface area contributed by atoms with Crippen LogP contribution in [0.3, 0.4) is 0 Å². The summed E-state index contributed by atoms with van der Waals surface area (Å²) < 4.78 is 2.53. The normalized spacial score (nSPS) is 15.3. The summed E-state index contributed by atoms with van der Waals surface area (Å²) in [6.45, 7) is 0. The molecule has 2 aliphatic heterocycles. The molecule has 0 aliphatic carbocycles. The number of benzene rings is 8. The van der Waals surface area contributed by atoms with Crippen LogP contribution in [0.1, 0.15) is 45.6 Å². The largest absolute Gasteiger partial charge is 0.340 e. The van der Waals surface area contributed by atoms with E-state index in [-0.39, 0.29) is 6.04 Å². The van der Waals surface area contributed by atoms with Gasteiger partial charge in [-0.3, -0.25) is 4.99 Å². The van der Waals surface area contributed by atoms with Crippen LogP contribution in [0.15, 0.2) is 227 Å². The smallest absolute Gasteiger partial charge is 0.169 e. The summed E-state index contributed by atoms with van der Waals surface area (Å²) in [5, 5.41) is 9.74. The average molecular weight is 802 g/mol. The highest BCUT2D eigenvalue weighted by atomic mass is 32.1. The molecule has 9 aromatic rings. The first kappa shape index (κ1) is 36.4. The lowest BCUT2D eigenvalue weighted by Crippen LogP contribution is -2.35. The van der Waals surface area contributed by atoms with Gasteiger partial charge in [0, 0.05) is 48.1 Å². The van der Waals surface area contributed by atoms with Crippen LogP contribution in [0.25, 0.3) is 48.1 Å². The molecule has 1 aromatic heterocycles. The van der Waals surface area contributed by atoms with Gasteiger partial charge in [-0.25, -0.2) is 9.98 Å². The van der Waals surface area contributed by atoms with Gasteiger partial charge in [-0.2, -0.15) is 0 Å². The number of nitrogens with one attached hydrogen (secondary N) is 2. The fourth-order valence-electron chi connectivity index (χ4n) is 8.30. The molecule has 8 aromatic carbocycles. The quantitative estimate of drug-likeness (QED) is 0.161. The van der Waals surface area contributed by atoms with Crippen LogP contribution < -0.4 is 10.6 Å². The number of thiophene rings is 1. The first-order valence-corrected chi connectivity index (χ1v) is 21.4. The number of rotatable bonds is 8. The number of aliphatic imine (C=N–C) groups is 3. The van der Waals surface area contributed by atoms with Gasteiger partial charge >= 0.3 is 0 Å². The molecule has 0 bridgehead atoms. The van der Waals surface area contributed by atoms with Crippen LogP contribution in [-0.2, 0) is 0 Å². The van der Waals surface area contributed by atoms with E-state index in [1.165, 1.54) is 25.7 Å². The van der Waals surface area contributed by atoms with Crippen molar-refractivity contribution < 1.29 is 0 Å². The minimum atomic E-state index is -0.424. The number of fused-ring (bicyclic) bond motifs is 3. The maximum Gasteiger partial charge on any atom is 0.169 e.